The van der Waals surface area contributed by atoms with Crippen molar-refractivity contribution in [3.8, 4) is 17.6 Å². The molecule has 2 heterocycles. The Hall–Kier alpha value is -3.97. The largest absolute Gasteiger partial charge is 0.493 e. The van der Waals surface area contributed by atoms with E-state index in [1.54, 1.807) is 32.9 Å². The highest BCUT2D eigenvalue weighted by Gasteiger charge is 2.21. The number of aromatic amines is 1. The molecule has 0 amide bonds. The van der Waals surface area contributed by atoms with Gasteiger partial charge in [-0.2, -0.15) is 5.26 Å². The highest BCUT2D eigenvalue weighted by Crippen LogP contribution is 2.35. The second-order valence-electron chi connectivity index (χ2n) is 6.95. The van der Waals surface area contributed by atoms with Crippen molar-refractivity contribution in [1.29, 1.82) is 5.26 Å². The van der Waals surface area contributed by atoms with Crippen molar-refractivity contribution in [1.82, 2.24) is 9.55 Å². The molecule has 164 valence electrons. The first-order valence-electron chi connectivity index (χ1n) is 9.60. The molecule has 0 bridgehead atoms. The van der Waals surface area contributed by atoms with Crippen LogP contribution < -0.4 is 11.2 Å². The molecule has 0 radical (unpaired) electrons. The van der Waals surface area contributed by atoms with Gasteiger partial charge in [-0.05, 0) is 44.9 Å². The molecule has 0 saturated heterocycles. The lowest BCUT2D eigenvalue weighted by molar-refractivity contribution is 0.0531. The Morgan fingerprint density at radius 3 is 2.69 bits per heavy atom. The number of thiophene rings is 1. The van der Waals surface area contributed by atoms with Gasteiger partial charge >= 0.3 is 11.7 Å². The number of aromatic nitrogens is 2. The number of nitrogens with one attached hydrogen (secondary N) is 1. The number of hydrogen-bond donors (Lipinski definition) is 2. The Balaban J connectivity index is 2.14. The number of nitrogens with zero attached hydrogens (tertiary/aromatic N) is 3. The van der Waals surface area contributed by atoms with E-state index in [-0.39, 0.29) is 27.6 Å². The summed E-state index contributed by atoms with van der Waals surface area (Å²) in [6, 6.07) is 7.26. The van der Waals surface area contributed by atoms with Crippen LogP contribution in [0.5, 0.6) is 5.88 Å². The maximum atomic E-state index is 12.4. The Morgan fingerprint density at radius 2 is 2.06 bits per heavy atom. The molecule has 2 aromatic heterocycles. The molecule has 0 aliphatic carbocycles. The van der Waals surface area contributed by atoms with Crippen molar-refractivity contribution >= 4 is 28.5 Å². The SMILES string of the molecule is CCOC(=O)c1sc(N=Cc2c(O)n(-c3ccc(C)cc3C)c(=O)[nH]c2=O)c(C#N)c1C. The third kappa shape index (κ3) is 4.10. The third-order valence-electron chi connectivity index (χ3n) is 4.73. The molecule has 9 nitrogen and oxygen atoms in total. The Labute approximate surface area is 186 Å². The number of nitriles is 1. The Kier molecular flexibility index (Phi) is 6.41. The van der Waals surface area contributed by atoms with Crippen molar-refractivity contribution in [2.45, 2.75) is 27.7 Å². The molecule has 3 aromatic rings. The predicted molar refractivity (Wildman–Crippen MR) is 121 cm³/mol. The maximum absolute atomic E-state index is 12.4. The van der Waals surface area contributed by atoms with Gasteiger partial charge in [0.05, 0.1) is 17.9 Å². The number of aromatic hydroxyl groups is 1. The zero-order valence-electron chi connectivity index (χ0n) is 17.8. The van der Waals surface area contributed by atoms with Gasteiger partial charge in [-0.3, -0.25) is 9.78 Å². The first kappa shape index (κ1) is 22.7. The summed E-state index contributed by atoms with van der Waals surface area (Å²) in [4.78, 5) is 43.5. The fourth-order valence-electron chi connectivity index (χ4n) is 3.17. The number of hydrogen-bond acceptors (Lipinski definition) is 8. The summed E-state index contributed by atoms with van der Waals surface area (Å²) in [7, 11) is 0. The molecule has 0 aliphatic heterocycles. The molecule has 0 unspecified atom stereocenters. The molecular formula is C22H20N4O5S. The molecule has 0 spiro atoms. The van der Waals surface area contributed by atoms with Crippen LogP contribution in [0.4, 0.5) is 5.00 Å². The Bertz CT molecular complexity index is 1410. The smallest absolute Gasteiger partial charge is 0.348 e. The van der Waals surface area contributed by atoms with Gasteiger partial charge in [-0.25, -0.2) is 19.1 Å². The number of esters is 1. The van der Waals surface area contributed by atoms with E-state index >= 15 is 0 Å². The highest BCUT2D eigenvalue weighted by atomic mass is 32.1. The van der Waals surface area contributed by atoms with Crippen LogP contribution in [0.15, 0.2) is 32.8 Å². The van der Waals surface area contributed by atoms with Gasteiger partial charge in [-0.1, -0.05) is 17.7 Å². The third-order valence-corrected chi connectivity index (χ3v) is 5.91. The van der Waals surface area contributed by atoms with Gasteiger partial charge in [0, 0.05) is 6.21 Å². The quantitative estimate of drug-likeness (QED) is 0.451. The lowest BCUT2D eigenvalue weighted by Crippen LogP contribution is -2.31. The molecule has 0 atom stereocenters. The number of H-pyrrole nitrogens is 1. The number of rotatable bonds is 5. The van der Waals surface area contributed by atoms with Crippen LogP contribution in [-0.2, 0) is 4.74 Å². The van der Waals surface area contributed by atoms with Crippen molar-refractivity contribution in [3.05, 3.63) is 71.7 Å². The van der Waals surface area contributed by atoms with Crippen molar-refractivity contribution < 1.29 is 14.6 Å². The van der Waals surface area contributed by atoms with Gasteiger partial charge in [0.1, 0.15) is 21.5 Å². The second kappa shape index (κ2) is 9.03. The minimum Gasteiger partial charge on any atom is -0.493 e. The molecular weight excluding hydrogens is 432 g/mol. The fourth-order valence-corrected chi connectivity index (χ4v) is 4.17. The van der Waals surface area contributed by atoms with E-state index in [4.69, 9.17) is 4.74 Å². The van der Waals surface area contributed by atoms with Crippen LogP contribution in [-0.4, -0.2) is 33.4 Å². The van der Waals surface area contributed by atoms with Crippen LogP contribution in [0.1, 0.15) is 44.4 Å². The molecule has 0 aliphatic rings. The molecule has 0 fully saturated rings. The van der Waals surface area contributed by atoms with E-state index in [1.807, 2.05) is 19.1 Å². The molecule has 0 saturated carbocycles. The van der Waals surface area contributed by atoms with E-state index in [1.165, 1.54) is 0 Å². The lowest BCUT2D eigenvalue weighted by atomic mass is 10.1. The van der Waals surface area contributed by atoms with Gasteiger partial charge in [0.25, 0.3) is 5.56 Å². The number of carbonyl (C=O) groups excluding carboxylic acids is 1. The van der Waals surface area contributed by atoms with Crippen molar-refractivity contribution in [2.24, 2.45) is 4.99 Å². The molecule has 10 heteroatoms. The standard InChI is InChI=1S/C22H20N4O5S/c1-5-31-21(29)17-13(4)14(9-23)19(32-17)24-10-15-18(27)25-22(30)26(20(15)28)16-7-6-11(2)8-12(16)3/h6-8,10,28H,5H2,1-4H3,(H,25,27,30). The van der Waals surface area contributed by atoms with Crippen LogP contribution >= 0.6 is 11.3 Å². The van der Waals surface area contributed by atoms with Crippen molar-refractivity contribution in [3.63, 3.8) is 0 Å². The highest BCUT2D eigenvalue weighted by molar-refractivity contribution is 7.18. The van der Waals surface area contributed by atoms with E-state index in [0.717, 1.165) is 33.2 Å². The van der Waals surface area contributed by atoms with E-state index in [0.29, 0.717) is 11.3 Å². The summed E-state index contributed by atoms with van der Waals surface area (Å²) in [6.45, 7) is 7.12. The number of carbonyl (C=O) groups is 1. The van der Waals surface area contributed by atoms with Crippen LogP contribution in [0, 0.1) is 32.1 Å². The topological polar surface area (TPSA) is 138 Å². The van der Waals surface area contributed by atoms with Gasteiger partial charge in [0.2, 0.25) is 5.88 Å². The van der Waals surface area contributed by atoms with E-state index < -0.39 is 23.1 Å². The summed E-state index contributed by atoms with van der Waals surface area (Å²) in [5.41, 5.74) is 0.766. The van der Waals surface area contributed by atoms with E-state index in [2.05, 4.69) is 9.98 Å². The zero-order chi connectivity index (χ0) is 23.6. The minimum absolute atomic E-state index is 0.160. The van der Waals surface area contributed by atoms with Gasteiger partial charge in [-0.15, -0.1) is 11.3 Å². The summed E-state index contributed by atoms with van der Waals surface area (Å²) in [6.07, 6.45) is 1.06. The summed E-state index contributed by atoms with van der Waals surface area (Å²) >= 11 is 0.940. The van der Waals surface area contributed by atoms with Gasteiger partial charge in [0.15, 0.2) is 0 Å². The van der Waals surface area contributed by atoms with E-state index in [9.17, 15) is 24.8 Å². The number of benzene rings is 1. The molecule has 2 N–H and O–H groups in total. The number of aliphatic imine (C=N–C) groups is 1. The average molecular weight is 452 g/mol. The zero-order valence-corrected chi connectivity index (χ0v) is 18.7. The molecule has 1 aromatic carbocycles. The lowest BCUT2D eigenvalue weighted by Gasteiger charge is -2.12. The fraction of sp³-hybridized carbons (Fsp3) is 0.227. The number of ether oxygens (including phenoxy) is 1. The first-order chi connectivity index (χ1) is 15.2. The average Bonchev–Trinajstić information content (AvgIpc) is 3.04. The Morgan fingerprint density at radius 1 is 1.34 bits per heavy atom. The molecule has 32 heavy (non-hydrogen) atoms. The van der Waals surface area contributed by atoms with Crippen LogP contribution in [0.2, 0.25) is 0 Å². The summed E-state index contributed by atoms with van der Waals surface area (Å²) < 4.78 is 5.98. The normalized spacial score (nSPS) is 11.0. The van der Waals surface area contributed by atoms with Crippen LogP contribution in [0.25, 0.3) is 5.69 Å². The summed E-state index contributed by atoms with van der Waals surface area (Å²) in [5.74, 6) is -1.16. The monoisotopic (exact) mass is 452 g/mol. The minimum atomic E-state index is -0.838. The second-order valence-corrected chi connectivity index (χ2v) is 7.95. The first-order valence-corrected chi connectivity index (χ1v) is 10.4. The predicted octanol–water partition coefficient (Wildman–Crippen LogP) is 3.02. The molecule has 3 rings (SSSR count). The van der Waals surface area contributed by atoms with Crippen molar-refractivity contribution in [2.75, 3.05) is 6.61 Å². The summed E-state index contributed by atoms with van der Waals surface area (Å²) in [5, 5.41) is 20.4. The van der Waals surface area contributed by atoms with Crippen LogP contribution in [0.3, 0.4) is 0 Å². The van der Waals surface area contributed by atoms with Gasteiger partial charge < -0.3 is 9.84 Å². The maximum Gasteiger partial charge on any atom is 0.348 e. The number of aryl methyl sites for hydroxylation is 2.